The van der Waals surface area contributed by atoms with Gasteiger partial charge in [0.25, 0.3) is 0 Å². The van der Waals surface area contributed by atoms with E-state index in [2.05, 4.69) is 68.1 Å². The fourth-order valence-corrected chi connectivity index (χ4v) is 2.09. The Balaban J connectivity index is 2.23. The Morgan fingerprint density at radius 1 is 0.941 bits per heavy atom. The molecule has 0 nitrogen and oxygen atoms in total. The SMILES string of the molecule is Cc1ccc(-c2cccc(CCCS)c2)cc1. The van der Waals surface area contributed by atoms with Gasteiger partial charge in [-0.3, -0.25) is 0 Å². The first-order chi connectivity index (χ1) is 8.29. The maximum absolute atomic E-state index is 4.26. The van der Waals surface area contributed by atoms with Gasteiger partial charge in [-0.2, -0.15) is 12.6 Å². The molecule has 0 heterocycles. The van der Waals surface area contributed by atoms with Gasteiger partial charge in [-0.1, -0.05) is 54.1 Å². The van der Waals surface area contributed by atoms with Gasteiger partial charge in [0.2, 0.25) is 0 Å². The van der Waals surface area contributed by atoms with E-state index in [1.165, 1.54) is 22.3 Å². The average molecular weight is 242 g/mol. The molecule has 1 heteroatoms. The van der Waals surface area contributed by atoms with Crippen LogP contribution in [0.2, 0.25) is 0 Å². The molecule has 2 aromatic rings. The molecule has 0 saturated carbocycles. The molecule has 0 saturated heterocycles. The van der Waals surface area contributed by atoms with Crippen molar-refractivity contribution < 1.29 is 0 Å². The second kappa shape index (κ2) is 5.92. The van der Waals surface area contributed by atoms with Crippen LogP contribution in [-0.2, 0) is 6.42 Å². The zero-order chi connectivity index (χ0) is 12.1. The molecule has 0 atom stereocenters. The van der Waals surface area contributed by atoms with E-state index < -0.39 is 0 Å². The van der Waals surface area contributed by atoms with E-state index in [9.17, 15) is 0 Å². The normalized spacial score (nSPS) is 10.5. The smallest absolute Gasteiger partial charge is 0.00947 e. The van der Waals surface area contributed by atoms with Gasteiger partial charge in [0.15, 0.2) is 0 Å². The second-order valence-corrected chi connectivity index (χ2v) is 4.84. The minimum atomic E-state index is 0.953. The lowest BCUT2D eigenvalue weighted by Crippen LogP contribution is -1.87. The van der Waals surface area contributed by atoms with Crippen LogP contribution in [0.1, 0.15) is 17.5 Å². The lowest BCUT2D eigenvalue weighted by molar-refractivity contribution is 0.937. The van der Waals surface area contributed by atoms with Crippen LogP contribution in [-0.4, -0.2) is 5.75 Å². The monoisotopic (exact) mass is 242 g/mol. The molecule has 0 aliphatic rings. The Morgan fingerprint density at radius 2 is 1.71 bits per heavy atom. The molecule has 0 amide bonds. The highest BCUT2D eigenvalue weighted by Gasteiger charge is 1.99. The van der Waals surface area contributed by atoms with Crippen molar-refractivity contribution in [2.24, 2.45) is 0 Å². The summed E-state index contributed by atoms with van der Waals surface area (Å²) < 4.78 is 0. The molecule has 0 aliphatic carbocycles. The minimum absolute atomic E-state index is 0.953. The molecule has 2 rings (SSSR count). The molecule has 17 heavy (non-hydrogen) atoms. The molecule has 0 aliphatic heterocycles. The first-order valence-corrected chi connectivity index (χ1v) is 6.69. The predicted octanol–water partition coefficient (Wildman–Crippen LogP) is 4.52. The molecule has 0 spiro atoms. The van der Waals surface area contributed by atoms with Gasteiger partial charge in [0, 0.05) is 0 Å². The second-order valence-electron chi connectivity index (χ2n) is 4.39. The fourth-order valence-electron chi connectivity index (χ4n) is 1.94. The maximum atomic E-state index is 4.26. The van der Waals surface area contributed by atoms with Gasteiger partial charge in [0.1, 0.15) is 0 Å². The van der Waals surface area contributed by atoms with Crippen molar-refractivity contribution in [2.75, 3.05) is 5.75 Å². The van der Waals surface area contributed by atoms with Crippen LogP contribution in [0.15, 0.2) is 48.5 Å². The zero-order valence-electron chi connectivity index (χ0n) is 10.2. The van der Waals surface area contributed by atoms with Crippen LogP contribution in [0.25, 0.3) is 11.1 Å². The number of benzene rings is 2. The van der Waals surface area contributed by atoms with Crippen molar-refractivity contribution in [1.82, 2.24) is 0 Å². The van der Waals surface area contributed by atoms with Gasteiger partial charge >= 0.3 is 0 Å². The van der Waals surface area contributed by atoms with Gasteiger partial charge < -0.3 is 0 Å². The topological polar surface area (TPSA) is 0 Å². The lowest BCUT2D eigenvalue weighted by atomic mass is 10.0. The summed E-state index contributed by atoms with van der Waals surface area (Å²) in [6.07, 6.45) is 2.25. The Morgan fingerprint density at radius 3 is 2.41 bits per heavy atom. The Labute approximate surface area is 109 Å². The molecule has 88 valence electrons. The molecular weight excluding hydrogens is 224 g/mol. The van der Waals surface area contributed by atoms with Crippen LogP contribution < -0.4 is 0 Å². The van der Waals surface area contributed by atoms with Gasteiger partial charge in [0.05, 0.1) is 0 Å². The van der Waals surface area contributed by atoms with Crippen LogP contribution in [0.4, 0.5) is 0 Å². The lowest BCUT2D eigenvalue weighted by Gasteiger charge is -2.05. The molecule has 0 unspecified atom stereocenters. The molecule has 0 aromatic heterocycles. The van der Waals surface area contributed by atoms with Gasteiger partial charge in [-0.05, 0) is 42.2 Å². The Hall–Kier alpha value is -1.21. The third-order valence-electron chi connectivity index (χ3n) is 2.94. The van der Waals surface area contributed by atoms with Crippen molar-refractivity contribution in [1.29, 1.82) is 0 Å². The summed E-state index contributed by atoms with van der Waals surface area (Å²) in [5, 5.41) is 0. The first kappa shape index (κ1) is 12.3. The number of thiol groups is 1. The van der Waals surface area contributed by atoms with E-state index in [0.29, 0.717) is 0 Å². The van der Waals surface area contributed by atoms with E-state index >= 15 is 0 Å². The van der Waals surface area contributed by atoms with Crippen molar-refractivity contribution in [3.8, 4) is 11.1 Å². The van der Waals surface area contributed by atoms with E-state index in [4.69, 9.17) is 0 Å². The summed E-state index contributed by atoms with van der Waals surface area (Å²) in [6.45, 7) is 2.12. The average Bonchev–Trinajstić information content (AvgIpc) is 2.37. The highest BCUT2D eigenvalue weighted by Crippen LogP contribution is 2.21. The fraction of sp³-hybridized carbons (Fsp3) is 0.250. The summed E-state index contributed by atoms with van der Waals surface area (Å²) in [4.78, 5) is 0. The molecular formula is C16H18S. The molecule has 0 fully saturated rings. The number of rotatable bonds is 4. The third-order valence-corrected chi connectivity index (χ3v) is 3.25. The summed E-state index contributed by atoms with van der Waals surface area (Å²) >= 11 is 4.26. The van der Waals surface area contributed by atoms with E-state index in [1.807, 2.05) is 0 Å². The summed E-state index contributed by atoms with van der Waals surface area (Å²) in [5.41, 5.74) is 5.31. The maximum Gasteiger partial charge on any atom is -0.00947 e. The number of aryl methyl sites for hydroxylation is 2. The molecule has 0 radical (unpaired) electrons. The van der Waals surface area contributed by atoms with Crippen LogP contribution in [0.3, 0.4) is 0 Å². The van der Waals surface area contributed by atoms with E-state index in [0.717, 1.165) is 18.6 Å². The molecule has 2 aromatic carbocycles. The third kappa shape index (κ3) is 3.37. The number of hydrogen-bond donors (Lipinski definition) is 1. The summed E-state index contributed by atoms with van der Waals surface area (Å²) in [7, 11) is 0. The van der Waals surface area contributed by atoms with Crippen molar-refractivity contribution >= 4 is 12.6 Å². The number of hydrogen-bond acceptors (Lipinski definition) is 1. The standard InChI is InChI=1S/C16H18S/c1-13-7-9-15(10-8-13)16-6-2-4-14(12-16)5-3-11-17/h2,4,6-10,12,17H,3,5,11H2,1H3. The Bertz CT molecular complexity index is 471. The van der Waals surface area contributed by atoms with Crippen LogP contribution >= 0.6 is 12.6 Å². The highest BCUT2D eigenvalue weighted by molar-refractivity contribution is 7.80. The first-order valence-electron chi connectivity index (χ1n) is 6.06. The van der Waals surface area contributed by atoms with Crippen LogP contribution in [0.5, 0.6) is 0 Å². The van der Waals surface area contributed by atoms with Crippen molar-refractivity contribution in [2.45, 2.75) is 19.8 Å². The molecule has 0 bridgehead atoms. The molecule has 0 N–H and O–H groups in total. The van der Waals surface area contributed by atoms with Crippen molar-refractivity contribution in [3.63, 3.8) is 0 Å². The summed E-state index contributed by atoms with van der Waals surface area (Å²) in [5.74, 6) is 0.953. The quantitative estimate of drug-likeness (QED) is 0.748. The largest absolute Gasteiger partial charge is 0.179 e. The summed E-state index contributed by atoms with van der Waals surface area (Å²) in [6, 6.07) is 17.5. The van der Waals surface area contributed by atoms with Gasteiger partial charge in [-0.25, -0.2) is 0 Å². The van der Waals surface area contributed by atoms with Crippen LogP contribution in [0, 0.1) is 6.92 Å². The van der Waals surface area contributed by atoms with Crippen molar-refractivity contribution in [3.05, 3.63) is 59.7 Å². The minimum Gasteiger partial charge on any atom is -0.179 e. The predicted molar refractivity (Wildman–Crippen MR) is 78.8 cm³/mol. The zero-order valence-corrected chi connectivity index (χ0v) is 11.1. The Kier molecular flexibility index (Phi) is 4.27. The van der Waals surface area contributed by atoms with E-state index in [1.54, 1.807) is 0 Å². The highest BCUT2D eigenvalue weighted by atomic mass is 32.1. The van der Waals surface area contributed by atoms with E-state index in [-0.39, 0.29) is 0 Å². The van der Waals surface area contributed by atoms with Gasteiger partial charge in [-0.15, -0.1) is 0 Å².